The zero-order chi connectivity index (χ0) is 72.7. The van der Waals surface area contributed by atoms with Crippen LogP contribution in [0, 0.1) is 194 Å². The fraction of sp³-hybridized carbons (Fsp3) is 0.289. The minimum atomic E-state index is 0.790. The van der Waals surface area contributed by atoms with Crippen LogP contribution in [0.25, 0.3) is 112 Å². The van der Waals surface area contributed by atoms with E-state index in [0.29, 0.717) is 0 Å². The van der Waals surface area contributed by atoms with Gasteiger partial charge in [0.25, 0.3) is 0 Å². The summed E-state index contributed by atoms with van der Waals surface area (Å²) in [6, 6.07) is 48.2. The summed E-state index contributed by atoms with van der Waals surface area (Å²) in [6.07, 6.45) is 0. The highest BCUT2D eigenvalue weighted by Gasteiger charge is 2.25. The molecule has 0 N–H and O–H groups in total. The van der Waals surface area contributed by atoms with E-state index >= 15 is 0 Å². The van der Waals surface area contributed by atoms with Gasteiger partial charge in [-0.05, 0) is 460 Å². The van der Waals surface area contributed by atoms with E-state index in [9.17, 15) is 0 Å². The van der Waals surface area contributed by atoms with Crippen LogP contribution in [0.3, 0.4) is 0 Å². The smallest absolute Gasteiger partial charge is 0.160 e. The van der Waals surface area contributed by atoms with Gasteiger partial charge in [0.1, 0.15) is 0 Å². The lowest BCUT2D eigenvalue weighted by molar-refractivity contribution is 1.11. The monoisotopic (exact) mass is 1310 g/mol. The largest absolute Gasteiger partial charge is 0.248 e. The molecule has 2 aromatic heterocycles. The second-order valence-corrected chi connectivity index (χ2v) is 29.9. The van der Waals surface area contributed by atoms with Crippen molar-refractivity contribution < 1.29 is 0 Å². The zero-order valence-corrected chi connectivity index (χ0v) is 65.5. The first kappa shape index (κ1) is 71.7. The van der Waals surface area contributed by atoms with Crippen molar-refractivity contribution in [2.45, 2.75) is 194 Å². The standard InChI is InChI=1S/C49H53N.C48H52N2/c1-26-15-17-40(19-28(26)3)42-21-43(41-18-16-27(2)29(4)20-41)23-44(22-42)46-24-45(48-36(11)32(7)30(5)33(8)37(48)12)25-47(50-46)49-38(13)34(9)31(6)35(10)39(49)14;1-25-15-17-39(19-27(25)3)41-21-42(40-18-16-26(2)28(4)20-40)23-43(22-41)44-24-45(46-35(11)31(7)29(5)32(8)36(46)12)50-48(49-44)47-37(13)33(9)30(6)34(10)38(47)14/h15-25H,1-14H3;15-24H,1-14H3. The summed E-state index contributed by atoms with van der Waals surface area (Å²) < 4.78 is 0. The number of pyridine rings is 1. The normalized spacial score (nSPS) is 11.4. The Balaban J connectivity index is 0.000000202. The average molecular weight is 1310 g/mol. The number of aryl methyl sites for hydroxylation is 8. The summed E-state index contributed by atoms with van der Waals surface area (Å²) >= 11 is 0. The van der Waals surface area contributed by atoms with E-state index in [-0.39, 0.29) is 0 Å². The van der Waals surface area contributed by atoms with Crippen LogP contribution in [0.15, 0.2) is 127 Å². The summed E-state index contributed by atoms with van der Waals surface area (Å²) in [5.74, 6) is 0.790. The molecule has 508 valence electrons. The van der Waals surface area contributed by atoms with Gasteiger partial charge in [0, 0.05) is 27.8 Å². The first-order chi connectivity index (χ1) is 47.2. The number of nitrogens with zero attached hydrogens (tertiary/aromatic N) is 3. The Morgan fingerprint density at radius 1 is 0.140 bits per heavy atom. The number of rotatable bonds is 10. The van der Waals surface area contributed by atoms with Gasteiger partial charge in [-0.2, -0.15) is 0 Å². The lowest BCUT2D eigenvalue weighted by atomic mass is 9.84. The van der Waals surface area contributed by atoms with Crippen molar-refractivity contribution in [3.05, 3.63) is 283 Å². The predicted molar refractivity (Wildman–Crippen MR) is 433 cm³/mol. The molecule has 0 saturated heterocycles. The lowest BCUT2D eigenvalue weighted by Crippen LogP contribution is -2.06. The van der Waals surface area contributed by atoms with Gasteiger partial charge >= 0.3 is 0 Å². The maximum absolute atomic E-state index is 5.59. The maximum atomic E-state index is 5.59. The molecule has 0 aliphatic rings. The molecule has 0 amide bonds. The molecule has 0 saturated carbocycles. The van der Waals surface area contributed by atoms with E-state index in [0.717, 1.165) is 45.3 Å². The van der Waals surface area contributed by atoms with Crippen LogP contribution in [-0.4, -0.2) is 15.0 Å². The summed E-state index contributed by atoms with van der Waals surface area (Å²) in [7, 11) is 0. The van der Waals surface area contributed by atoms with E-state index in [1.54, 1.807) is 0 Å². The van der Waals surface area contributed by atoms with E-state index in [2.05, 4.69) is 321 Å². The lowest BCUT2D eigenvalue weighted by Gasteiger charge is -2.22. The zero-order valence-electron chi connectivity index (χ0n) is 65.5. The molecule has 10 aromatic carbocycles. The predicted octanol–water partition coefficient (Wildman–Crippen LogP) is 26.9. The van der Waals surface area contributed by atoms with Crippen molar-refractivity contribution in [3.8, 4) is 112 Å². The third-order valence-electron chi connectivity index (χ3n) is 24.4. The van der Waals surface area contributed by atoms with Crippen molar-refractivity contribution in [1.29, 1.82) is 0 Å². The molecule has 0 radical (unpaired) electrons. The highest BCUT2D eigenvalue weighted by Crippen LogP contribution is 2.45. The molecular formula is C97H105N3. The first-order valence-electron chi connectivity index (χ1n) is 36.0. The van der Waals surface area contributed by atoms with Crippen molar-refractivity contribution in [1.82, 2.24) is 15.0 Å². The van der Waals surface area contributed by atoms with Crippen molar-refractivity contribution >= 4 is 0 Å². The summed E-state index contributed by atoms with van der Waals surface area (Å²) in [5.41, 5.74) is 58.9. The number of benzene rings is 10. The fourth-order valence-corrected chi connectivity index (χ4v) is 15.2. The third kappa shape index (κ3) is 13.2. The van der Waals surface area contributed by atoms with Crippen molar-refractivity contribution in [2.75, 3.05) is 0 Å². The second-order valence-electron chi connectivity index (χ2n) is 29.9. The molecular weight excluding hydrogens is 1210 g/mol. The van der Waals surface area contributed by atoms with E-state index < -0.39 is 0 Å². The minimum Gasteiger partial charge on any atom is -0.248 e. The molecule has 100 heavy (non-hydrogen) atoms. The Bertz CT molecular complexity index is 4600. The SMILES string of the molecule is Cc1ccc(-c2cc(-c3ccc(C)c(C)c3)cc(-c3cc(-c4c(C)c(C)c(C)c(C)c4C)cc(-c4c(C)c(C)c(C)c(C)c4C)n3)c2)cc1C.Cc1ccc(-c2cc(-c3ccc(C)c(C)c3)cc(-c3cc(-c4c(C)c(C)c(C)c(C)c4C)nc(-c4c(C)c(C)c(C)c(C)c4C)n3)c2)cc1C. The molecule has 3 heteroatoms. The molecule has 0 aliphatic carbocycles. The molecule has 2 heterocycles. The van der Waals surface area contributed by atoms with Crippen LogP contribution in [0.2, 0.25) is 0 Å². The van der Waals surface area contributed by atoms with Gasteiger partial charge in [-0.1, -0.05) is 72.8 Å². The maximum Gasteiger partial charge on any atom is 0.160 e. The van der Waals surface area contributed by atoms with Crippen LogP contribution >= 0.6 is 0 Å². The molecule has 12 aromatic rings. The summed E-state index contributed by atoms with van der Waals surface area (Å²) in [4.78, 5) is 16.5. The number of aromatic nitrogens is 3. The van der Waals surface area contributed by atoms with Crippen LogP contribution in [0.4, 0.5) is 0 Å². The van der Waals surface area contributed by atoms with Crippen LogP contribution in [0.1, 0.15) is 156 Å². The highest BCUT2D eigenvalue weighted by atomic mass is 14.9. The molecule has 12 rings (SSSR count). The topological polar surface area (TPSA) is 38.7 Å². The van der Waals surface area contributed by atoms with Gasteiger partial charge in [-0.25, -0.2) is 15.0 Å². The number of hydrogen-bond acceptors (Lipinski definition) is 3. The second kappa shape index (κ2) is 27.9. The Labute approximate surface area is 600 Å². The first-order valence-corrected chi connectivity index (χ1v) is 36.0. The van der Waals surface area contributed by atoms with E-state index in [4.69, 9.17) is 15.0 Å². The molecule has 0 fully saturated rings. The van der Waals surface area contributed by atoms with Gasteiger partial charge in [0.15, 0.2) is 5.82 Å². The average Bonchev–Trinajstić information content (AvgIpc) is 0.758. The summed E-state index contributed by atoms with van der Waals surface area (Å²) in [5, 5.41) is 0. The Morgan fingerprint density at radius 3 is 0.650 bits per heavy atom. The van der Waals surface area contributed by atoms with Gasteiger partial charge in [0.05, 0.1) is 22.8 Å². The molecule has 0 aliphatic heterocycles. The van der Waals surface area contributed by atoms with Gasteiger partial charge in [-0.15, -0.1) is 0 Å². The fourth-order valence-electron chi connectivity index (χ4n) is 15.2. The Morgan fingerprint density at radius 2 is 0.360 bits per heavy atom. The van der Waals surface area contributed by atoms with Gasteiger partial charge < -0.3 is 0 Å². The van der Waals surface area contributed by atoms with E-state index in [1.165, 1.54) is 223 Å². The van der Waals surface area contributed by atoms with Crippen LogP contribution in [-0.2, 0) is 0 Å². The highest BCUT2D eigenvalue weighted by molar-refractivity contribution is 5.88. The Kier molecular flexibility index (Phi) is 20.0. The molecule has 0 bridgehead atoms. The van der Waals surface area contributed by atoms with Gasteiger partial charge in [-0.3, -0.25) is 0 Å². The molecule has 0 spiro atoms. The molecule has 0 unspecified atom stereocenters. The molecule has 0 atom stereocenters. The summed E-state index contributed by atoms with van der Waals surface area (Å²) in [6.45, 7) is 62.6. The van der Waals surface area contributed by atoms with Crippen LogP contribution < -0.4 is 0 Å². The van der Waals surface area contributed by atoms with Crippen molar-refractivity contribution in [3.63, 3.8) is 0 Å². The van der Waals surface area contributed by atoms with Crippen molar-refractivity contribution in [2.24, 2.45) is 0 Å². The number of hydrogen-bond donors (Lipinski definition) is 0. The quantitative estimate of drug-likeness (QED) is 0.137. The molecule has 3 nitrogen and oxygen atoms in total. The van der Waals surface area contributed by atoms with E-state index in [1.807, 2.05) is 0 Å². The Hall–Kier alpha value is -9.57. The van der Waals surface area contributed by atoms with Gasteiger partial charge in [0.2, 0.25) is 0 Å². The third-order valence-corrected chi connectivity index (χ3v) is 24.4. The van der Waals surface area contributed by atoms with Crippen LogP contribution in [0.5, 0.6) is 0 Å². The minimum absolute atomic E-state index is 0.790.